The summed E-state index contributed by atoms with van der Waals surface area (Å²) in [5, 5.41) is 0. The Morgan fingerprint density at radius 2 is 1.93 bits per heavy atom. The molecule has 0 atom stereocenters. The van der Waals surface area contributed by atoms with Crippen molar-refractivity contribution in [2.45, 2.75) is 18.2 Å². The predicted molar refractivity (Wildman–Crippen MR) is 103 cm³/mol. The molecule has 0 radical (unpaired) electrons. The standard InChI is InChI=1S/C20H18FN3O2S/c1-14-12-17(7-8-18(14)21)27(25,26)23-20-9-6-16(13-22-20)24-11-10-15-4-2-3-5-19(15)24/h2-9,12-13H,10-11H2,1H3,(H,22,23). The zero-order valence-corrected chi connectivity index (χ0v) is 15.5. The maximum absolute atomic E-state index is 13.4. The van der Waals surface area contributed by atoms with Crippen LogP contribution in [0.25, 0.3) is 0 Å². The third-order valence-electron chi connectivity index (χ3n) is 4.63. The van der Waals surface area contributed by atoms with E-state index in [1.165, 1.54) is 24.6 Å². The molecule has 1 aliphatic heterocycles. The molecule has 2 heterocycles. The van der Waals surface area contributed by atoms with Crippen LogP contribution in [0.3, 0.4) is 0 Å². The maximum Gasteiger partial charge on any atom is 0.263 e. The van der Waals surface area contributed by atoms with E-state index in [1.54, 1.807) is 12.3 Å². The number of benzene rings is 2. The first-order chi connectivity index (χ1) is 12.9. The lowest BCUT2D eigenvalue weighted by Gasteiger charge is -2.19. The SMILES string of the molecule is Cc1cc(S(=O)(=O)Nc2ccc(N3CCc4ccccc43)cn2)ccc1F. The van der Waals surface area contributed by atoms with Crippen LogP contribution in [0.1, 0.15) is 11.1 Å². The molecule has 0 aliphatic carbocycles. The van der Waals surface area contributed by atoms with Gasteiger partial charge in [0.15, 0.2) is 0 Å². The number of rotatable bonds is 4. The maximum atomic E-state index is 13.4. The van der Waals surface area contributed by atoms with Crippen molar-refractivity contribution in [1.29, 1.82) is 0 Å². The highest BCUT2D eigenvalue weighted by Crippen LogP contribution is 2.34. The van der Waals surface area contributed by atoms with Crippen molar-refractivity contribution in [1.82, 2.24) is 4.98 Å². The molecule has 27 heavy (non-hydrogen) atoms. The van der Waals surface area contributed by atoms with Gasteiger partial charge in [0.2, 0.25) is 0 Å². The molecule has 0 bridgehead atoms. The number of aromatic nitrogens is 1. The highest BCUT2D eigenvalue weighted by atomic mass is 32.2. The van der Waals surface area contributed by atoms with Crippen molar-refractivity contribution < 1.29 is 12.8 Å². The Morgan fingerprint density at radius 1 is 1.11 bits per heavy atom. The van der Waals surface area contributed by atoms with Gasteiger partial charge in [-0.05, 0) is 60.9 Å². The quantitative estimate of drug-likeness (QED) is 0.739. The number of nitrogens with zero attached hydrogens (tertiary/aromatic N) is 2. The van der Waals surface area contributed by atoms with Gasteiger partial charge in [-0.1, -0.05) is 18.2 Å². The summed E-state index contributed by atoms with van der Waals surface area (Å²) in [6, 6.07) is 15.3. The van der Waals surface area contributed by atoms with Crippen LogP contribution in [0, 0.1) is 12.7 Å². The van der Waals surface area contributed by atoms with E-state index in [0.717, 1.165) is 30.4 Å². The van der Waals surface area contributed by atoms with E-state index >= 15 is 0 Å². The molecule has 3 aromatic rings. The topological polar surface area (TPSA) is 62.3 Å². The molecule has 1 aliphatic rings. The van der Waals surface area contributed by atoms with Crippen LogP contribution in [-0.2, 0) is 16.4 Å². The average molecular weight is 383 g/mol. The van der Waals surface area contributed by atoms with Gasteiger partial charge < -0.3 is 4.90 Å². The Labute approximate surface area is 157 Å². The number of aryl methyl sites for hydroxylation is 1. The number of nitrogens with one attached hydrogen (secondary N) is 1. The number of hydrogen-bond donors (Lipinski definition) is 1. The number of para-hydroxylation sites is 1. The molecule has 4 rings (SSSR count). The van der Waals surface area contributed by atoms with E-state index in [-0.39, 0.29) is 16.3 Å². The molecule has 0 saturated carbocycles. The summed E-state index contributed by atoms with van der Waals surface area (Å²) in [6.45, 7) is 2.39. The number of sulfonamides is 1. The minimum Gasteiger partial charge on any atom is -0.340 e. The van der Waals surface area contributed by atoms with E-state index in [2.05, 4.69) is 26.7 Å². The van der Waals surface area contributed by atoms with Crippen molar-refractivity contribution in [3.63, 3.8) is 0 Å². The van der Waals surface area contributed by atoms with Crippen LogP contribution in [0.5, 0.6) is 0 Å². The average Bonchev–Trinajstić information content (AvgIpc) is 3.08. The number of anilines is 3. The van der Waals surface area contributed by atoms with Crippen molar-refractivity contribution >= 4 is 27.2 Å². The summed E-state index contributed by atoms with van der Waals surface area (Å²) in [5.41, 5.74) is 3.61. The fourth-order valence-corrected chi connectivity index (χ4v) is 4.29. The molecule has 0 amide bonds. The summed E-state index contributed by atoms with van der Waals surface area (Å²) in [7, 11) is -3.83. The molecule has 1 aromatic heterocycles. The molecular weight excluding hydrogens is 365 g/mol. The minimum absolute atomic E-state index is 0.000691. The molecule has 0 fully saturated rings. The second-order valence-electron chi connectivity index (χ2n) is 6.45. The first kappa shape index (κ1) is 17.5. The second-order valence-corrected chi connectivity index (χ2v) is 8.13. The van der Waals surface area contributed by atoms with Gasteiger partial charge in [0.05, 0.1) is 16.8 Å². The van der Waals surface area contributed by atoms with Crippen molar-refractivity contribution in [2.24, 2.45) is 0 Å². The van der Waals surface area contributed by atoms with Crippen LogP contribution in [0.2, 0.25) is 0 Å². The molecular formula is C20H18FN3O2S. The number of fused-ring (bicyclic) bond motifs is 1. The van der Waals surface area contributed by atoms with E-state index in [0.29, 0.717) is 0 Å². The third-order valence-corrected chi connectivity index (χ3v) is 5.98. The monoisotopic (exact) mass is 383 g/mol. The van der Waals surface area contributed by atoms with Gasteiger partial charge in [0.1, 0.15) is 11.6 Å². The first-order valence-corrected chi connectivity index (χ1v) is 10.0. The van der Waals surface area contributed by atoms with Crippen LogP contribution in [0.15, 0.2) is 65.7 Å². The zero-order valence-electron chi connectivity index (χ0n) is 14.7. The van der Waals surface area contributed by atoms with E-state index in [9.17, 15) is 12.8 Å². The normalized spacial score (nSPS) is 13.5. The van der Waals surface area contributed by atoms with Gasteiger partial charge in [-0.25, -0.2) is 17.8 Å². The van der Waals surface area contributed by atoms with Gasteiger partial charge in [0.25, 0.3) is 10.0 Å². The Morgan fingerprint density at radius 3 is 2.67 bits per heavy atom. The van der Waals surface area contributed by atoms with E-state index < -0.39 is 15.8 Å². The highest BCUT2D eigenvalue weighted by molar-refractivity contribution is 7.92. The van der Waals surface area contributed by atoms with Gasteiger partial charge in [0, 0.05) is 12.2 Å². The van der Waals surface area contributed by atoms with E-state index in [1.807, 2.05) is 18.2 Å². The Kier molecular flexibility index (Phi) is 4.31. The molecule has 0 unspecified atom stereocenters. The lowest BCUT2D eigenvalue weighted by molar-refractivity contribution is 0.598. The predicted octanol–water partition coefficient (Wildman–Crippen LogP) is 4.02. The summed E-state index contributed by atoms with van der Waals surface area (Å²) in [5.74, 6) is -0.226. The summed E-state index contributed by atoms with van der Waals surface area (Å²) in [4.78, 5) is 6.40. The summed E-state index contributed by atoms with van der Waals surface area (Å²) < 4.78 is 40.8. The lowest BCUT2D eigenvalue weighted by atomic mass is 10.2. The van der Waals surface area contributed by atoms with Gasteiger partial charge >= 0.3 is 0 Å². The number of hydrogen-bond acceptors (Lipinski definition) is 4. The zero-order chi connectivity index (χ0) is 19.0. The number of halogens is 1. The lowest BCUT2D eigenvalue weighted by Crippen LogP contribution is -2.16. The molecule has 5 nitrogen and oxygen atoms in total. The largest absolute Gasteiger partial charge is 0.340 e. The van der Waals surface area contributed by atoms with Crippen molar-refractivity contribution in [3.8, 4) is 0 Å². The van der Waals surface area contributed by atoms with Gasteiger partial charge in [-0.2, -0.15) is 0 Å². The first-order valence-electron chi connectivity index (χ1n) is 8.54. The second kappa shape index (κ2) is 6.66. The van der Waals surface area contributed by atoms with Crippen LogP contribution >= 0.6 is 0 Å². The van der Waals surface area contributed by atoms with Crippen LogP contribution < -0.4 is 9.62 Å². The van der Waals surface area contributed by atoms with Crippen LogP contribution in [0.4, 0.5) is 21.6 Å². The molecule has 1 N–H and O–H groups in total. The fraction of sp³-hybridized carbons (Fsp3) is 0.150. The Bertz CT molecular complexity index is 1100. The van der Waals surface area contributed by atoms with Crippen LogP contribution in [-0.4, -0.2) is 19.9 Å². The Hall–Kier alpha value is -2.93. The fourth-order valence-electron chi connectivity index (χ4n) is 3.19. The minimum atomic E-state index is -3.83. The van der Waals surface area contributed by atoms with Gasteiger partial charge in [-0.15, -0.1) is 0 Å². The molecule has 138 valence electrons. The molecule has 0 spiro atoms. The molecule has 7 heteroatoms. The van der Waals surface area contributed by atoms with Crippen molar-refractivity contribution in [3.05, 3.63) is 77.7 Å². The summed E-state index contributed by atoms with van der Waals surface area (Å²) >= 11 is 0. The number of pyridine rings is 1. The summed E-state index contributed by atoms with van der Waals surface area (Å²) in [6.07, 6.45) is 2.62. The third kappa shape index (κ3) is 3.38. The Balaban J connectivity index is 1.55. The smallest absolute Gasteiger partial charge is 0.263 e. The molecule has 2 aromatic carbocycles. The van der Waals surface area contributed by atoms with Gasteiger partial charge in [-0.3, -0.25) is 4.72 Å². The van der Waals surface area contributed by atoms with E-state index in [4.69, 9.17) is 0 Å². The molecule has 0 saturated heterocycles. The highest BCUT2D eigenvalue weighted by Gasteiger charge is 2.21. The van der Waals surface area contributed by atoms with Crippen molar-refractivity contribution in [2.75, 3.05) is 16.2 Å².